The van der Waals surface area contributed by atoms with Crippen LogP contribution in [0.5, 0.6) is 11.6 Å². The van der Waals surface area contributed by atoms with E-state index in [1.165, 1.54) is 0 Å². The number of hydrogen-bond acceptors (Lipinski definition) is 3. The number of aryl methyl sites for hydroxylation is 1. The zero-order valence-corrected chi connectivity index (χ0v) is 10.7. The number of nitrogens with zero attached hydrogens (tertiary/aromatic N) is 2. The van der Waals surface area contributed by atoms with Crippen LogP contribution in [0.4, 0.5) is 0 Å². The summed E-state index contributed by atoms with van der Waals surface area (Å²) in [5.41, 5.74) is 1.77. The number of aromatic nitrogens is 2. The standard InChI is InChI=1S/C12H10Cl2N2O/c1-8-2-4-10(14)11(6-8)17-12-5-3-9(7-13)15-16-12/h2-6H,7H2,1H3. The van der Waals surface area contributed by atoms with Gasteiger partial charge in [0, 0.05) is 6.07 Å². The fourth-order valence-corrected chi connectivity index (χ4v) is 1.57. The van der Waals surface area contributed by atoms with E-state index in [2.05, 4.69) is 10.2 Å². The molecule has 0 atom stereocenters. The number of rotatable bonds is 3. The van der Waals surface area contributed by atoms with Crippen molar-refractivity contribution in [1.82, 2.24) is 10.2 Å². The van der Waals surface area contributed by atoms with E-state index >= 15 is 0 Å². The molecule has 0 unspecified atom stereocenters. The highest BCUT2D eigenvalue weighted by Crippen LogP contribution is 2.28. The molecule has 17 heavy (non-hydrogen) atoms. The van der Waals surface area contributed by atoms with Crippen LogP contribution in [0.2, 0.25) is 5.02 Å². The highest BCUT2D eigenvalue weighted by molar-refractivity contribution is 6.32. The van der Waals surface area contributed by atoms with Crippen molar-refractivity contribution in [1.29, 1.82) is 0 Å². The van der Waals surface area contributed by atoms with Gasteiger partial charge in [-0.1, -0.05) is 17.7 Å². The smallest absolute Gasteiger partial charge is 0.238 e. The SMILES string of the molecule is Cc1ccc(Cl)c(Oc2ccc(CCl)nn2)c1. The van der Waals surface area contributed by atoms with Gasteiger partial charge in [-0.15, -0.1) is 16.7 Å². The van der Waals surface area contributed by atoms with E-state index in [1.807, 2.05) is 19.1 Å². The van der Waals surface area contributed by atoms with E-state index < -0.39 is 0 Å². The van der Waals surface area contributed by atoms with Crippen LogP contribution < -0.4 is 4.74 Å². The first-order valence-corrected chi connectivity index (χ1v) is 5.93. The summed E-state index contributed by atoms with van der Waals surface area (Å²) >= 11 is 11.6. The van der Waals surface area contributed by atoms with Crippen LogP contribution in [-0.4, -0.2) is 10.2 Å². The topological polar surface area (TPSA) is 35.0 Å². The lowest BCUT2D eigenvalue weighted by Gasteiger charge is -2.06. The first-order chi connectivity index (χ1) is 8.19. The molecular weight excluding hydrogens is 259 g/mol. The maximum atomic E-state index is 6.01. The molecule has 0 aliphatic heterocycles. The molecule has 0 N–H and O–H groups in total. The summed E-state index contributed by atoms with van der Waals surface area (Å²) in [6, 6.07) is 9.02. The minimum absolute atomic E-state index is 0.332. The number of ether oxygens (including phenoxy) is 1. The Bertz CT molecular complexity index is 514. The monoisotopic (exact) mass is 268 g/mol. The van der Waals surface area contributed by atoms with E-state index in [0.29, 0.717) is 28.2 Å². The molecule has 3 nitrogen and oxygen atoms in total. The van der Waals surface area contributed by atoms with Gasteiger partial charge < -0.3 is 4.74 Å². The number of halogens is 2. The fraction of sp³-hybridized carbons (Fsp3) is 0.167. The summed E-state index contributed by atoms with van der Waals surface area (Å²) in [6.07, 6.45) is 0. The van der Waals surface area contributed by atoms with Crippen LogP contribution in [0, 0.1) is 6.92 Å². The lowest BCUT2D eigenvalue weighted by Crippen LogP contribution is -1.94. The second-order valence-corrected chi connectivity index (χ2v) is 4.21. The molecule has 1 heterocycles. The molecule has 2 rings (SSSR count). The Kier molecular flexibility index (Phi) is 3.82. The van der Waals surface area contributed by atoms with Crippen molar-refractivity contribution < 1.29 is 4.74 Å². The lowest BCUT2D eigenvalue weighted by molar-refractivity contribution is 0.454. The molecule has 0 aliphatic rings. The van der Waals surface area contributed by atoms with E-state index in [0.717, 1.165) is 5.56 Å². The van der Waals surface area contributed by atoms with Gasteiger partial charge in [0.15, 0.2) is 0 Å². The van der Waals surface area contributed by atoms with Crippen molar-refractivity contribution >= 4 is 23.2 Å². The first-order valence-electron chi connectivity index (χ1n) is 5.01. The zero-order chi connectivity index (χ0) is 12.3. The predicted octanol–water partition coefficient (Wildman–Crippen LogP) is 3.97. The molecular formula is C12H10Cl2N2O. The number of benzene rings is 1. The first kappa shape index (κ1) is 12.1. The van der Waals surface area contributed by atoms with Gasteiger partial charge in [0.2, 0.25) is 5.88 Å². The van der Waals surface area contributed by atoms with Gasteiger partial charge >= 0.3 is 0 Å². The van der Waals surface area contributed by atoms with E-state index in [-0.39, 0.29) is 0 Å². The van der Waals surface area contributed by atoms with E-state index in [1.54, 1.807) is 18.2 Å². The lowest BCUT2D eigenvalue weighted by atomic mass is 10.2. The Morgan fingerprint density at radius 1 is 1.18 bits per heavy atom. The van der Waals surface area contributed by atoms with Gasteiger partial charge in [0.1, 0.15) is 5.75 Å². The fourth-order valence-electron chi connectivity index (χ4n) is 1.27. The maximum absolute atomic E-state index is 6.01. The van der Waals surface area contributed by atoms with Crippen LogP contribution >= 0.6 is 23.2 Å². The molecule has 0 aliphatic carbocycles. The van der Waals surface area contributed by atoms with Crippen LogP contribution in [-0.2, 0) is 5.88 Å². The molecule has 0 spiro atoms. The summed E-state index contributed by atoms with van der Waals surface area (Å²) in [7, 11) is 0. The minimum atomic E-state index is 0.332. The summed E-state index contributed by atoms with van der Waals surface area (Å²) in [4.78, 5) is 0. The van der Waals surface area contributed by atoms with Crippen molar-refractivity contribution in [3.8, 4) is 11.6 Å². The van der Waals surface area contributed by atoms with E-state index in [9.17, 15) is 0 Å². The number of alkyl halides is 1. The van der Waals surface area contributed by atoms with Crippen LogP contribution in [0.15, 0.2) is 30.3 Å². The van der Waals surface area contributed by atoms with Gasteiger partial charge in [-0.05, 0) is 30.7 Å². The Morgan fingerprint density at radius 2 is 2.00 bits per heavy atom. The Morgan fingerprint density at radius 3 is 2.65 bits per heavy atom. The third kappa shape index (κ3) is 3.08. The van der Waals surface area contributed by atoms with Gasteiger partial charge in [-0.2, -0.15) is 5.10 Å². The van der Waals surface area contributed by atoms with Crippen LogP contribution in [0.25, 0.3) is 0 Å². The van der Waals surface area contributed by atoms with Crippen LogP contribution in [0.1, 0.15) is 11.3 Å². The van der Waals surface area contributed by atoms with Crippen molar-refractivity contribution in [3.63, 3.8) is 0 Å². The highest BCUT2D eigenvalue weighted by Gasteiger charge is 2.05. The van der Waals surface area contributed by atoms with Crippen molar-refractivity contribution in [2.45, 2.75) is 12.8 Å². The van der Waals surface area contributed by atoms with E-state index in [4.69, 9.17) is 27.9 Å². The third-order valence-corrected chi connectivity index (χ3v) is 2.72. The minimum Gasteiger partial charge on any atom is -0.436 e. The largest absolute Gasteiger partial charge is 0.436 e. The molecule has 0 bridgehead atoms. The van der Waals surface area contributed by atoms with Gasteiger partial charge in [0.25, 0.3) is 0 Å². The molecule has 88 valence electrons. The molecule has 2 aromatic rings. The highest BCUT2D eigenvalue weighted by atomic mass is 35.5. The van der Waals surface area contributed by atoms with Gasteiger partial charge in [-0.25, -0.2) is 0 Å². The molecule has 0 saturated carbocycles. The zero-order valence-electron chi connectivity index (χ0n) is 9.15. The summed E-state index contributed by atoms with van der Waals surface area (Å²) in [5, 5.41) is 8.34. The summed E-state index contributed by atoms with van der Waals surface area (Å²) < 4.78 is 5.54. The Labute approximate surface area is 109 Å². The second kappa shape index (κ2) is 5.34. The molecule has 0 saturated heterocycles. The van der Waals surface area contributed by atoms with Crippen LogP contribution in [0.3, 0.4) is 0 Å². The van der Waals surface area contributed by atoms with Gasteiger partial charge in [0.05, 0.1) is 16.6 Å². The van der Waals surface area contributed by atoms with Gasteiger partial charge in [-0.3, -0.25) is 0 Å². The molecule has 1 aromatic heterocycles. The predicted molar refractivity (Wildman–Crippen MR) is 67.9 cm³/mol. The third-order valence-electron chi connectivity index (χ3n) is 2.13. The average Bonchev–Trinajstić information content (AvgIpc) is 2.35. The molecule has 0 amide bonds. The summed E-state index contributed by atoms with van der Waals surface area (Å²) in [5.74, 6) is 1.30. The number of hydrogen-bond donors (Lipinski definition) is 0. The molecule has 5 heteroatoms. The average molecular weight is 269 g/mol. The quantitative estimate of drug-likeness (QED) is 0.791. The molecule has 0 fully saturated rings. The second-order valence-electron chi connectivity index (χ2n) is 3.53. The Balaban J connectivity index is 2.22. The molecule has 1 aromatic carbocycles. The Hall–Kier alpha value is -1.32. The molecule has 0 radical (unpaired) electrons. The van der Waals surface area contributed by atoms with Crippen molar-refractivity contribution in [3.05, 3.63) is 46.6 Å². The normalized spacial score (nSPS) is 10.3. The summed E-state index contributed by atoms with van der Waals surface area (Å²) in [6.45, 7) is 1.96. The van der Waals surface area contributed by atoms with Crippen molar-refractivity contribution in [2.24, 2.45) is 0 Å². The maximum Gasteiger partial charge on any atom is 0.238 e. The van der Waals surface area contributed by atoms with Crippen molar-refractivity contribution in [2.75, 3.05) is 0 Å².